The molecule has 4 aliphatic carbocycles. The second-order valence-electron chi connectivity index (χ2n) is 7.60. The average Bonchev–Trinajstić information content (AvgIpc) is 2.25. The van der Waals surface area contributed by atoms with E-state index in [0.29, 0.717) is 5.41 Å². The van der Waals surface area contributed by atoms with Crippen LogP contribution < -0.4 is 5.73 Å². The van der Waals surface area contributed by atoms with Crippen molar-refractivity contribution in [3.63, 3.8) is 0 Å². The van der Waals surface area contributed by atoms with Crippen molar-refractivity contribution in [3.05, 3.63) is 0 Å². The van der Waals surface area contributed by atoms with Gasteiger partial charge in [0.15, 0.2) is 0 Å². The third kappa shape index (κ3) is 1.54. The Kier molecular flexibility index (Phi) is 2.63. The number of hydrogen-bond donors (Lipinski definition) is 1. The molecule has 0 amide bonds. The van der Waals surface area contributed by atoms with Gasteiger partial charge in [-0.05, 0) is 61.2 Å². The van der Waals surface area contributed by atoms with E-state index in [2.05, 4.69) is 20.8 Å². The van der Waals surface area contributed by atoms with Gasteiger partial charge in [-0.15, -0.1) is 0 Å². The van der Waals surface area contributed by atoms with Crippen LogP contribution in [0.15, 0.2) is 0 Å². The minimum Gasteiger partial charge on any atom is -0.325 e. The van der Waals surface area contributed by atoms with E-state index in [4.69, 9.17) is 5.73 Å². The highest BCUT2D eigenvalue weighted by Gasteiger charge is 2.62. The molecule has 0 aliphatic heterocycles. The van der Waals surface area contributed by atoms with Crippen LogP contribution in [0.1, 0.15) is 65.7 Å². The molecular weight excluding hydrogens is 206 g/mol. The molecule has 4 rings (SSSR count). The highest BCUT2D eigenvalue weighted by molar-refractivity contribution is 5.15. The molecule has 0 aromatic carbocycles. The fourth-order valence-electron chi connectivity index (χ4n) is 6.37. The zero-order valence-corrected chi connectivity index (χ0v) is 11.8. The maximum Gasteiger partial charge on any atom is 0.0196 e. The Balaban J connectivity index is 2.00. The van der Waals surface area contributed by atoms with E-state index in [1.807, 2.05) is 0 Å². The summed E-state index contributed by atoms with van der Waals surface area (Å²) < 4.78 is 0. The highest BCUT2D eigenvalue weighted by Crippen LogP contribution is 2.66. The minimum absolute atomic E-state index is 0.204. The summed E-state index contributed by atoms with van der Waals surface area (Å²) >= 11 is 0. The molecule has 0 spiro atoms. The molecule has 4 saturated carbocycles. The summed E-state index contributed by atoms with van der Waals surface area (Å²) in [5.74, 6) is 3.55. The van der Waals surface area contributed by atoms with Crippen molar-refractivity contribution in [2.75, 3.05) is 0 Å². The molecule has 4 fully saturated rings. The summed E-state index contributed by atoms with van der Waals surface area (Å²) in [6, 6.07) is 0. The molecule has 17 heavy (non-hydrogen) atoms. The van der Waals surface area contributed by atoms with Gasteiger partial charge < -0.3 is 5.73 Å². The lowest BCUT2D eigenvalue weighted by Crippen LogP contribution is -2.67. The molecule has 98 valence electrons. The lowest BCUT2D eigenvalue weighted by Gasteiger charge is -2.67. The van der Waals surface area contributed by atoms with Gasteiger partial charge in [-0.3, -0.25) is 0 Å². The van der Waals surface area contributed by atoms with Crippen molar-refractivity contribution in [2.24, 2.45) is 34.8 Å². The van der Waals surface area contributed by atoms with Crippen molar-refractivity contribution in [3.8, 4) is 0 Å². The molecule has 4 bridgehead atoms. The van der Waals surface area contributed by atoms with Gasteiger partial charge in [0.05, 0.1) is 0 Å². The molecule has 0 aromatic heterocycles. The smallest absolute Gasteiger partial charge is 0.0196 e. The van der Waals surface area contributed by atoms with Crippen LogP contribution in [-0.4, -0.2) is 5.54 Å². The largest absolute Gasteiger partial charge is 0.325 e. The second kappa shape index (κ2) is 3.73. The summed E-state index contributed by atoms with van der Waals surface area (Å²) in [4.78, 5) is 0. The van der Waals surface area contributed by atoms with Crippen LogP contribution in [0.2, 0.25) is 0 Å². The Hall–Kier alpha value is -0.0400. The summed E-state index contributed by atoms with van der Waals surface area (Å²) in [6.45, 7) is 7.23. The molecule has 2 N–H and O–H groups in total. The topological polar surface area (TPSA) is 26.0 Å². The van der Waals surface area contributed by atoms with Crippen molar-refractivity contribution in [2.45, 2.75) is 71.3 Å². The molecule has 0 heterocycles. The van der Waals surface area contributed by atoms with Gasteiger partial charge in [-0.1, -0.05) is 33.6 Å². The van der Waals surface area contributed by atoms with Gasteiger partial charge in [-0.2, -0.15) is 0 Å². The molecular formula is C16H29N. The van der Waals surface area contributed by atoms with Gasteiger partial charge in [0.2, 0.25) is 0 Å². The van der Waals surface area contributed by atoms with E-state index < -0.39 is 0 Å². The predicted octanol–water partition coefficient (Wildman–Crippen LogP) is 3.97. The van der Waals surface area contributed by atoms with Crippen LogP contribution in [0.3, 0.4) is 0 Å². The van der Waals surface area contributed by atoms with Gasteiger partial charge in [0.25, 0.3) is 0 Å². The zero-order valence-electron chi connectivity index (χ0n) is 11.8. The van der Waals surface area contributed by atoms with E-state index in [1.165, 1.54) is 44.9 Å². The van der Waals surface area contributed by atoms with Crippen LogP contribution in [0, 0.1) is 29.1 Å². The zero-order chi connectivity index (χ0) is 12.3. The predicted molar refractivity (Wildman–Crippen MR) is 72.7 cm³/mol. The average molecular weight is 235 g/mol. The molecule has 4 unspecified atom stereocenters. The molecule has 0 aromatic rings. The molecule has 4 aliphatic rings. The van der Waals surface area contributed by atoms with Crippen LogP contribution >= 0.6 is 0 Å². The van der Waals surface area contributed by atoms with Gasteiger partial charge >= 0.3 is 0 Å². The Labute approximate surface area is 107 Å². The fourth-order valence-corrected chi connectivity index (χ4v) is 6.37. The van der Waals surface area contributed by atoms with Gasteiger partial charge in [0, 0.05) is 5.54 Å². The Morgan fingerprint density at radius 3 is 2.18 bits per heavy atom. The fraction of sp³-hybridized carbons (Fsp3) is 1.00. The maximum absolute atomic E-state index is 6.90. The highest BCUT2D eigenvalue weighted by atomic mass is 14.8. The number of hydrogen-bond acceptors (Lipinski definition) is 1. The van der Waals surface area contributed by atoms with E-state index in [1.54, 1.807) is 0 Å². The summed E-state index contributed by atoms with van der Waals surface area (Å²) in [5.41, 5.74) is 7.73. The van der Waals surface area contributed by atoms with Gasteiger partial charge in [-0.25, -0.2) is 0 Å². The van der Waals surface area contributed by atoms with Crippen molar-refractivity contribution >= 4 is 0 Å². The quantitative estimate of drug-likeness (QED) is 0.787. The second-order valence-corrected chi connectivity index (χ2v) is 7.60. The molecule has 1 heteroatoms. The first kappa shape index (κ1) is 12.0. The van der Waals surface area contributed by atoms with Crippen molar-refractivity contribution < 1.29 is 0 Å². The normalized spacial score (nSPS) is 54.0. The van der Waals surface area contributed by atoms with Crippen LogP contribution in [0.4, 0.5) is 0 Å². The molecule has 1 nitrogen and oxygen atoms in total. The van der Waals surface area contributed by atoms with E-state index in [0.717, 1.165) is 23.7 Å². The van der Waals surface area contributed by atoms with Crippen molar-refractivity contribution in [1.29, 1.82) is 0 Å². The Morgan fingerprint density at radius 1 is 1.12 bits per heavy atom. The Bertz CT molecular complexity index is 295. The molecule has 0 saturated heterocycles. The van der Waals surface area contributed by atoms with Crippen LogP contribution in [-0.2, 0) is 0 Å². The molecule has 4 atom stereocenters. The van der Waals surface area contributed by atoms with E-state index in [9.17, 15) is 0 Å². The molecule has 0 radical (unpaired) electrons. The lowest BCUT2D eigenvalue weighted by atomic mass is 9.40. The van der Waals surface area contributed by atoms with Crippen LogP contribution in [0.5, 0.6) is 0 Å². The van der Waals surface area contributed by atoms with E-state index in [-0.39, 0.29) is 5.54 Å². The third-order valence-corrected chi connectivity index (χ3v) is 6.59. The van der Waals surface area contributed by atoms with Gasteiger partial charge in [0.1, 0.15) is 0 Å². The third-order valence-electron chi connectivity index (χ3n) is 6.59. The first-order valence-corrected chi connectivity index (χ1v) is 7.82. The standard InChI is InChI=1S/C16H29N/c1-4-11(3)14-15(5-2)7-12-6-13(8-15)10-16(14,17)9-12/h11-14H,4-10,17H2,1-3H3. The first-order valence-electron chi connectivity index (χ1n) is 7.82. The summed E-state index contributed by atoms with van der Waals surface area (Å²) in [5, 5.41) is 0. The maximum atomic E-state index is 6.90. The number of rotatable bonds is 3. The van der Waals surface area contributed by atoms with Crippen LogP contribution in [0.25, 0.3) is 0 Å². The number of nitrogens with two attached hydrogens (primary N) is 1. The lowest BCUT2D eigenvalue weighted by molar-refractivity contribution is -0.144. The minimum atomic E-state index is 0.204. The Morgan fingerprint density at radius 2 is 1.71 bits per heavy atom. The monoisotopic (exact) mass is 235 g/mol. The SMILES string of the molecule is CCC(C)C1C2(N)CC3CC(C2)CC1(CC)C3. The van der Waals surface area contributed by atoms with E-state index >= 15 is 0 Å². The summed E-state index contributed by atoms with van der Waals surface area (Å²) in [7, 11) is 0. The first-order chi connectivity index (χ1) is 8.03. The summed E-state index contributed by atoms with van der Waals surface area (Å²) in [6.07, 6.45) is 9.82. The van der Waals surface area contributed by atoms with Crippen molar-refractivity contribution in [1.82, 2.24) is 0 Å².